The zero-order valence-corrected chi connectivity index (χ0v) is 13.3. The first-order valence-corrected chi connectivity index (χ1v) is 8.38. The first-order chi connectivity index (χ1) is 11.0. The van der Waals surface area contributed by atoms with E-state index >= 15 is 0 Å². The van der Waals surface area contributed by atoms with Gasteiger partial charge in [-0.3, -0.25) is 9.59 Å². The molecule has 6 nitrogen and oxygen atoms in total. The van der Waals surface area contributed by atoms with Crippen LogP contribution in [0, 0.1) is 23.7 Å². The lowest BCUT2D eigenvalue weighted by Crippen LogP contribution is -2.64. The molecule has 3 rings (SSSR count). The van der Waals surface area contributed by atoms with Crippen LogP contribution in [0.4, 0.5) is 0 Å². The van der Waals surface area contributed by atoms with Gasteiger partial charge in [-0.05, 0) is 30.6 Å². The molecule has 2 saturated carbocycles. The Morgan fingerprint density at radius 2 is 2.04 bits per heavy atom. The normalized spacial score (nSPS) is 28.3. The summed E-state index contributed by atoms with van der Waals surface area (Å²) in [6.45, 7) is 0. The third-order valence-corrected chi connectivity index (χ3v) is 5.87. The van der Waals surface area contributed by atoms with E-state index in [2.05, 4.69) is 21.5 Å². The molecule has 1 amide bonds. The molecule has 0 aromatic carbocycles. The fourth-order valence-corrected chi connectivity index (χ4v) is 4.17. The number of nitrogens with one attached hydrogen (secondary N) is 1. The van der Waals surface area contributed by atoms with Crippen LogP contribution in [0.2, 0.25) is 0 Å². The minimum absolute atomic E-state index is 0.0208. The highest BCUT2D eigenvalue weighted by Crippen LogP contribution is 2.60. The number of hydrogen-bond donors (Lipinski definition) is 2. The molecule has 3 aliphatic rings. The van der Waals surface area contributed by atoms with Crippen LogP contribution in [0.1, 0.15) is 57.8 Å². The van der Waals surface area contributed by atoms with E-state index in [1.54, 1.807) is 0 Å². The van der Waals surface area contributed by atoms with Crippen LogP contribution in [0.25, 0.3) is 0 Å². The highest BCUT2D eigenvalue weighted by atomic mass is 16.4. The predicted octanol–water partition coefficient (Wildman–Crippen LogP) is 2.49. The molecule has 124 valence electrons. The average Bonchev–Trinajstić information content (AvgIpc) is 3.20. The van der Waals surface area contributed by atoms with E-state index in [-0.39, 0.29) is 29.7 Å². The topological polar surface area (TPSA) is 91.1 Å². The zero-order valence-electron chi connectivity index (χ0n) is 13.3. The summed E-state index contributed by atoms with van der Waals surface area (Å²) in [6.07, 6.45) is 11.8. The number of carboxylic acids is 1. The number of carboxylic acid groups (broad SMARTS) is 1. The van der Waals surface area contributed by atoms with Crippen molar-refractivity contribution >= 4 is 11.9 Å². The Balaban J connectivity index is 1.44. The number of rotatable bonds is 8. The van der Waals surface area contributed by atoms with Crippen molar-refractivity contribution in [2.45, 2.75) is 69.5 Å². The second-order valence-corrected chi connectivity index (χ2v) is 7.12. The minimum atomic E-state index is -0.738. The molecule has 6 heteroatoms. The highest BCUT2D eigenvalue weighted by molar-refractivity contribution is 5.77. The van der Waals surface area contributed by atoms with Crippen molar-refractivity contribution in [2.24, 2.45) is 21.6 Å². The molecule has 2 fully saturated rings. The molecule has 2 N–H and O–H groups in total. The summed E-state index contributed by atoms with van der Waals surface area (Å²) in [4.78, 5) is 23.1. The first kappa shape index (κ1) is 16.0. The fourth-order valence-electron chi connectivity index (χ4n) is 4.17. The van der Waals surface area contributed by atoms with E-state index in [1.807, 2.05) is 0 Å². The van der Waals surface area contributed by atoms with Gasteiger partial charge in [0.05, 0.1) is 0 Å². The highest BCUT2D eigenvalue weighted by Gasteiger charge is 2.58. The molecule has 0 saturated heterocycles. The molecule has 0 aromatic rings. The monoisotopic (exact) mass is 317 g/mol. The van der Waals surface area contributed by atoms with Crippen LogP contribution in [0.15, 0.2) is 10.2 Å². The summed E-state index contributed by atoms with van der Waals surface area (Å²) in [5.74, 6) is 2.08. The van der Waals surface area contributed by atoms with E-state index < -0.39 is 11.6 Å². The van der Waals surface area contributed by atoms with Crippen molar-refractivity contribution in [1.82, 2.24) is 5.32 Å². The third-order valence-electron chi connectivity index (χ3n) is 5.87. The van der Waals surface area contributed by atoms with Crippen LogP contribution in [-0.2, 0) is 9.59 Å². The largest absolute Gasteiger partial charge is 0.481 e. The van der Waals surface area contributed by atoms with Gasteiger partial charge in [0.1, 0.15) is 0 Å². The van der Waals surface area contributed by atoms with Gasteiger partial charge in [0, 0.05) is 38.1 Å². The first-order valence-electron chi connectivity index (χ1n) is 8.38. The Morgan fingerprint density at radius 1 is 1.30 bits per heavy atom. The zero-order chi connectivity index (χ0) is 16.5. The molecule has 2 aliphatic carbocycles. The van der Waals surface area contributed by atoms with E-state index in [4.69, 9.17) is 11.5 Å². The third kappa shape index (κ3) is 3.10. The van der Waals surface area contributed by atoms with Crippen molar-refractivity contribution < 1.29 is 14.7 Å². The van der Waals surface area contributed by atoms with Crippen molar-refractivity contribution in [3.8, 4) is 12.3 Å². The van der Waals surface area contributed by atoms with Crippen molar-refractivity contribution in [3.05, 3.63) is 0 Å². The summed E-state index contributed by atoms with van der Waals surface area (Å²) in [5, 5.41) is 20.2. The molecule has 0 bridgehead atoms. The van der Waals surface area contributed by atoms with E-state index in [9.17, 15) is 9.59 Å². The van der Waals surface area contributed by atoms with Gasteiger partial charge in [0.15, 0.2) is 5.66 Å². The van der Waals surface area contributed by atoms with Gasteiger partial charge in [-0.25, -0.2) is 0 Å². The number of amides is 1. The quantitative estimate of drug-likeness (QED) is 0.674. The summed E-state index contributed by atoms with van der Waals surface area (Å²) >= 11 is 0. The molecule has 2 atom stereocenters. The van der Waals surface area contributed by atoms with Gasteiger partial charge in [-0.1, -0.05) is 6.42 Å². The van der Waals surface area contributed by atoms with Gasteiger partial charge in [-0.2, -0.15) is 10.2 Å². The van der Waals surface area contributed by atoms with Crippen LogP contribution in [0.3, 0.4) is 0 Å². The Hall–Kier alpha value is -1.90. The molecule has 1 heterocycles. The summed E-state index contributed by atoms with van der Waals surface area (Å²) in [6, 6.07) is 0.142. The lowest BCUT2D eigenvalue weighted by Gasteiger charge is -2.61. The Morgan fingerprint density at radius 3 is 2.57 bits per heavy atom. The van der Waals surface area contributed by atoms with Crippen LogP contribution in [-0.4, -0.2) is 28.7 Å². The number of nitrogens with zero attached hydrogens (tertiary/aromatic N) is 2. The molecular formula is C17H23N3O3. The van der Waals surface area contributed by atoms with Crippen molar-refractivity contribution in [2.75, 3.05) is 0 Å². The van der Waals surface area contributed by atoms with Crippen LogP contribution < -0.4 is 5.32 Å². The fraction of sp³-hybridized carbons (Fsp3) is 0.765. The van der Waals surface area contributed by atoms with Crippen molar-refractivity contribution in [3.63, 3.8) is 0 Å². The van der Waals surface area contributed by atoms with Gasteiger partial charge < -0.3 is 10.4 Å². The van der Waals surface area contributed by atoms with E-state index in [1.165, 1.54) is 0 Å². The smallest absolute Gasteiger partial charge is 0.303 e. The molecule has 2 unspecified atom stereocenters. The standard InChI is InChI=1S/C17H23N3O3/c1-2-3-8-17(19-20-17)9-5-14(21)18-13-10-12(11-15(22)23)16(13)6-4-7-16/h1,12-13H,3-11H2,(H,18,21)(H,22,23). The number of carbonyl (C=O) groups is 2. The Labute approximate surface area is 136 Å². The minimum Gasteiger partial charge on any atom is -0.481 e. The summed E-state index contributed by atoms with van der Waals surface area (Å²) in [5.41, 5.74) is -0.368. The lowest BCUT2D eigenvalue weighted by molar-refractivity contribution is -0.150. The number of terminal acetylenes is 1. The second kappa shape index (κ2) is 5.95. The average molecular weight is 317 g/mol. The van der Waals surface area contributed by atoms with Crippen LogP contribution in [0.5, 0.6) is 0 Å². The molecule has 0 aromatic heterocycles. The van der Waals surface area contributed by atoms with Crippen molar-refractivity contribution in [1.29, 1.82) is 0 Å². The Kier molecular flexibility index (Phi) is 4.13. The maximum atomic E-state index is 12.2. The molecule has 1 aliphatic heterocycles. The molecule has 1 spiro atoms. The number of aliphatic carboxylic acids is 1. The molecular weight excluding hydrogens is 294 g/mol. The van der Waals surface area contributed by atoms with E-state index in [0.29, 0.717) is 25.7 Å². The number of hydrogen-bond acceptors (Lipinski definition) is 4. The summed E-state index contributed by atoms with van der Waals surface area (Å²) in [7, 11) is 0. The number of carbonyl (C=O) groups excluding carboxylic acids is 1. The van der Waals surface area contributed by atoms with Gasteiger partial charge in [0.2, 0.25) is 5.91 Å². The van der Waals surface area contributed by atoms with E-state index in [0.717, 1.165) is 25.7 Å². The maximum absolute atomic E-state index is 12.2. The molecule has 23 heavy (non-hydrogen) atoms. The lowest BCUT2D eigenvalue weighted by atomic mass is 9.46. The SMILES string of the molecule is C#CCCC1(CCC(=O)NC2CC(CC(=O)O)C23CCC3)N=N1. The second-order valence-electron chi connectivity index (χ2n) is 7.12. The van der Waals surface area contributed by atoms with Gasteiger partial charge in [0.25, 0.3) is 0 Å². The molecule has 0 radical (unpaired) electrons. The Bertz CT molecular complexity index is 568. The van der Waals surface area contributed by atoms with Gasteiger partial charge in [-0.15, -0.1) is 12.3 Å². The van der Waals surface area contributed by atoms with Crippen LogP contribution >= 0.6 is 0 Å². The van der Waals surface area contributed by atoms with Gasteiger partial charge >= 0.3 is 5.97 Å². The predicted molar refractivity (Wildman–Crippen MR) is 83.5 cm³/mol. The maximum Gasteiger partial charge on any atom is 0.303 e. The summed E-state index contributed by atoms with van der Waals surface area (Å²) < 4.78 is 0.